The smallest absolute Gasteiger partial charge is 0.136 e. The van der Waals surface area contributed by atoms with Gasteiger partial charge in [-0.3, -0.25) is 0 Å². The molecular formula is C62H39NO. The maximum absolute atomic E-state index is 6.44. The van der Waals surface area contributed by atoms with Gasteiger partial charge in [-0.1, -0.05) is 176 Å². The molecule has 13 rings (SSSR count). The molecule has 0 unspecified atom stereocenters. The van der Waals surface area contributed by atoms with E-state index in [1.165, 1.54) is 76.1 Å². The van der Waals surface area contributed by atoms with Gasteiger partial charge in [-0.05, 0) is 142 Å². The first-order valence-corrected chi connectivity index (χ1v) is 22.0. The van der Waals surface area contributed by atoms with Gasteiger partial charge < -0.3 is 9.32 Å². The quantitative estimate of drug-likeness (QED) is 0.156. The molecule has 0 aliphatic carbocycles. The Bertz CT molecular complexity index is 3950. The van der Waals surface area contributed by atoms with Gasteiger partial charge in [0.2, 0.25) is 0 Å². The lowest BCUT2D eigenvalue weighted by molar-refractivity contribution is 0.669. The Labute approximate surface area is 370 Å². The van der Waals surface area contributed by atoms with Crippen LogP contribution in [0.25, 0.3) is 109 Å². The van der Waals surface area contributed by atoms with Crippen LogP contribution in [0.1, 0.15) is 0 Å². The third-order valence-corrected chi connectivity index (χ3v) is 13.2. The third kappa shape index (κ3) is 5.95. The fraction of sp³-hybridized carbons (Fsp3) is 0. The van der Waals surface area contributed by atoms with Gasteiger partial charge in [-0.15, -0.1) is 0 Å². The second-order valence-corrected chi connectivity index (χ2v) is 16.9. The van der Waals surface area contributed by atoms with Gasteiger partial charge in [0.25, 0.3) is 0 Å². The molecule has 0 aliphatic heterocycles. The Morgan fingerprint density at radius 3 is 1.56 bits per heavy atom. The molecule has 2 heteroatoms. The van der Waals surface area contributed by atoms with Gasteiger partial charge in [-0.2, -0.15) is 0 Å². The van der Waals surface area contributed by atoms with Crippen molar-refractivity contribution in [3.8, 4) is 33.4 Å². The number of anilines is 3. The molecule has 1 aromatic heterocycles. The number of furan rings is 1. The Morgan fingerprint density at radius 1 is 0.250 bits per heavy atom. The van der Waals surface area contributed by atoms with E-state index in [4.69, 9.17) is 4.42 Å². The van der Waals surface area contributed by atoms with Gasteiger partial charge in [0.1, 0.15) is 11.2 Å². The van der Waals surface area contributed by atoms with E-state index in [-0.39, 0.29) is 0 Å². The summed E-state index contributed by atoms with van der Waals surface area (Å²) in [6.45, 7) is 0. The highest BCUT2D eigenvalue weighted by atomic mass is 16.3. The molecule has 0 saturated heterocycles. The molecule has 0 amide bonds. The summed E-state index contributed by atoms with van der Waals surface area (Å²) in [6, 6.07) is 86.2. The second kappa shape index (κ2) is 14.6. The molecule has 298 valence electrons. The van der Waals surface area contributed by atoms with Gasteiger partial charge in [0.15, 0.2) is 0 Å². The Hall–Kier alpha value is -8.46. The van der Waals surface area contributed by atoms with Gasteiger partial charge in [0.05, 0.1) is 5.69 Å². The van der Waals surface area contributed by atoms with Crippen LogP contribution >= 0.6 is 0 Å². The largest absolute Gasteiger partial charge is 0.456 e. The first-order valence-electron chi connectivity index (χ1n) is 22.0. The summed E-state index contributed by atoms with van der Waals surface area (Å²) in [4.78, 5) is 2.40. The summed E-state index contributed by atoms with van der Waals surface area (Å²) < 4.78 is 6.44. The molecular weight excluding hydrogens is 775 g/mol. The van der Waals surface area contributed by atoms with E-state index in [2.05, 4.69) is 241 Å². The number of hydrogen-bond donors (Lipinski definition) is 0. The SMILES string of the molecule is c1ccc(N(c2ccc(-c3ccc4c(ccc5ccccc54)c3)cc2)c2ccc(-c3cccc4c3ccc3ccccc34)cc2)c(-c2ccc3oc4cc5ccccc5cc4c3c2)c1. The summed E-state index contributed by atoms with van der Waals surface area (Å²) in [5.41, 5.74) is 12.1. The number of para-hydroxylation sites is 1. The van der Waals surface area contributed by atoms with E-state index in [0.29, 0.717) is 0 Å². The summed E-state index contributed by atoms with van der Waals surface area (Å²) in [5, 5.41) is 14.7. The van der Waals surface area contributed by atoms with E-state index in [1.54, 1.807) is 0 Å². The maximum Gasteiger partial charge on any atom is 0.136 e. The van der Waals surface area contributed by atoms with Gasteiger partial charge in [-0.25, -0.2) is 0 Å². The van der Waals surface area contributed by atoms with Crippen molar-refractivity contribution in [3.63, 3.8) is 0 Å². The third-order valence-electron chi connectivity index (χ3n) is 13.2. The first-order chi connectivity index (χ1) is 31.7. The lowest BCUT2D eigenvalue weighted by Crippen LogP contribution is -2.11. The zero-order chi connectivity index (χ0) is 42.1. The number of fused-ring (bicyclic) bond motifs is 10. The number of nitrogens with zero attached hydrogens (tertiary/aromatic N) is 1. The lowest BCUT2D eigenvalue weighted by atomic mass is 9.94. The van der Waals surface area contributed by atoms with Crippen LogP contribution in [0, 0.1) is 0 Å². The molecule has 0 N–H and O–H groups in total. The molecule has 13 aromatic rings. The number of benzene rings is 12. The van der Waals surface area contributed by atoms with E-state index >= 15 is 0 Å². The highest BCUT2D eigenvalue weighted by Crippen LogP contribution is 2.44. The van der Waals surface area contributed by atoms with Crippen molar-refractivity contribution in [2.75, 3.05) is 4.90 Å². The molecule has 0 fully saturated rings. The first kappa shape index (κ1) is 36.2. The van der Waals surface area contributed by atoms with Gasteiger partial charge in [0, 0.05) is 27.7 Å². The van der Waals surface area contributed by atoms with E-state index in [1.807, 2.05) is 0 Å². The highest BCUT2D eigenvalue weighted by Gasteiger charge is 2.19. The highest BCUT2D eigenvalue weighted by molar-refractivity contribution is 6.13. The van der Waals surface area contributed by atoms with Crippen LogP contribution in [0.2, 0.25) is 0 Å². The fourth-order valence-electron chi connectivity index (χ4n) is 10.0. The van der Waals surface area contributed by atoms with Gasteiger partial charge >= 0.3 is 0 Å². The average molecular weight is 814 g/mol. The van der Waals surface area contributed by atoms with Crippen LogP contribution in [-0.2, 0) is 0 Å². The monoisotopic (exact) mass is 813 g/mol. The zero-order valence-electron chi connectivity index (χ0n) is 34.9. The molecule has 0 bridgehead atoms. The molecule has 0 radical (unpaired) electrons. The van der Waals surface area contributed by atoms with Crippen molar-refractivity contribution in [1.82, 2.24) is 0 Å². The molecule has 0 atom stereocenters. The van der Waals surface area contributed by atoms with Crippen molar-refractivity contribution >= 4 is 92.9 Å². The molecule has 2 nitrogen and oxygen atoms in total. The topological polar surface area (TPSA) is 16.4 Å². The van der Waals surface area contributed by atoms with E-state index in [9.17, 15) is 0 Å². The van der Waals surface area contributed by atoms with Crippen molar-refractivity contribution in [2.45, 2.75) is 0 Å². The predicted molar refractivity (Wildman–Crippen MR) is 272 cm³/mol. The summed E-state index contributed by atoms with van der Waals surface area (Å²) in [7, 11) is 0. The summed E-state index contributed by atoms with van der Waals surface area (Å²) in [6.07, 6.45) is 0. The maximum atomic E-state index is 6.44. The van der Waals surface area contributed by atoms with E-state index < -0.39 is 0 Å². The Balaban J connectivity index is 0.941. The minimum Gasteiger partial charge on any atom is -0.456 e. The summed E-state index contributed by atoms with van der Waals surface area (Å²) in [5.74, 6) is 0. The Morgan fingerprint density at radius 2 is 0.781 bits per heavy atom. The van der Waals surface area contributed by atoms with Crippen molar-refractivity contribution in [3.05, 3.63) is 237 Å². The lowest BCUT2D eigenvalue weighted by Gasteiger charge is -2.28. The zero-order valence-corrected chi connectivity index (χ0v) is 34.9. The number of hydrogen-bond acceptors (Lipinski definition) is 2. The number of rotatable bonds is 6. The second-order valence-electron chi connectivity index (χ2n) is 16.9. The van der Waals surface area contributed by atoms with Crippen LogP contribution in [0.5, 0.6) is 0 Å². The molecule has 12 aromatic carbocycles. The standard InChI is InChI=1S/C62H39NO/c1-2-13-45-39-62-59(37-44(45)12-1)58-38-48(28-35-61(58)64-62)55-16-7-8-19-60(55)63(49-29-22-40(23-30-49)46-27-33-54-47(36-46)21-20-41-10-3-5-14-51(41)54)50-31-24-43(25-32-50)53-17-9-18-56-52-15-6-4-11-42(52)26-34-57(53)56/h1-39H. The predicted octanol–water partition coefficient (Wildman–Crippen LogP) is 17.8. The van der Waals surface area contributed by atoms with Crippen LogP contribution < -0.4 is 4.90 Å². The minimum absolute atomic E-state index is 0.887. The van der Waals surface area contributed by atoms with Crippen LogP contribution in [0.15, 0.2) is 241 Å². The fourth-order valence-corrected chi connectivity index (χ4v) is 10.0. The average Bonchev–Trinajstić information content (AvgIpc) is 3.72. The molecule has 0 spiro atoms. The summed E-state index contributed by atoms with van der Waals surface area (Å²) >= 11 is 0. The van der Waals surface area contributed by atoms with Crippen LogP contribution in [0.4, 0.5) is 17.1 Å². The van der Waals surface area contributed by atoms with Crippen molar-refractivity contribution < 1.29 is 4.42 Å². The van der Waals surface area contributed by atoms with Crippen molar-refractivity contribution in [2.24, 2.45) is 0 Å². The Kier molecular flexibility index (Phi) is 8.25. The van der Waals surface area contributed by atoms with Crippen LogP contribution in [-0.4, -0.2) is 0 Å². The molecule has 0 saturated carbocycles. The minimum atomic E-state index is 0.887. The van der Waals surface area contributed by atoms with E-state index in [0.717, 1.165) is 50.1 Å². The van der Waals surface area contributed by atoms with Crippen molar-refractivity contribution in [1.29, 1.82) is 0 Å². The van der Waals surface area contributed by atoms with Crippen LogP contribution in [0.3, 0.4) is 0 Å². The molecule has 64 heavy (non-hydrogen) atoms. The molecule has 0 aliphatic rings. The normalized spacial score (nSPS) is 11.8. The molecule has 1 heterocycles.